The zero-order valence-electron chi connectivity index (χ0n) is 14.2. The van der Waals surface area contributed by atoms with Gasteiger partial charge in [-0.05, 0) is 58.7 Å². The maximum absolute atomic E-state index is 6.02. The van der Waals surface area contributed by atoms with Gasteiger partial charge in [-0.15, -0.1) is 0 Å². The van der Waals surface area contributed by atoms with Crippen molar-refractivity contribution in [2.75, 3.05) is 0 Å². The summed E-state index contributed by atoms with van der Waals surface area (Å²) in [6.45, 7) is 0. The Hall–Kier alpha value is -2.36. The topological polar surface area (TPSA) is 13.1 Å². The van der Waals surface area contributed by atoms with Gasteiger partial charge in [-0.3, -0.25) is 0 Å². The molecule has 0 saturated heterocycles. The second-order valence-electron chi connectivity index (χ2n) is 6.54. The van der Waals surface area contributed by atoms with Crippen molar-refractivity contribution >= 4 is 53.8 Å². The van der Waals surface area contributed by atoms with Crippen LogP contribution in [0.4, 0.5) is 0 Å². The highest BCUT2D eigenvalue weighted by Crippen LogP contribution is 2.33. The summed E-state index contributed by atoms with van der Waals surface area (Å²) in [6, 6.07) is 29.5. The fourth-order valence-electron chi connectivity index (χ4n) is 3.48. The van der Waals surface area contributed by atoms with Crippen LogP contribution >= 0.6 is 31.9 Å². The lowest BCUT2D eigenvalue weighted by molar-refractivity contribution is 0.669. The SMILES string of the molecule is Brc1cc(Br)cc(-c2ccc(-c3ccc4c(c3)oc3ccccc34)cc2)c1. The summed E-state index contributed by atoms with van der Waals surface area (Å²) in [6.07, 6.45) is 0. The lowest BCUT2D eigenvalue weighted by Crippen LogP contribution is -1.81. The van der Waals surface area contributed by atoms with Gasteiger partial charge in [0.2, 0.25) is 0 Å². The van der Waals surface area contributed by atoms with Gasteiger partial charge in [-0.1, -0.05) is 80.4 Å². The van der Waals surface area contributed by atoms with Crippen LogP contribution in [0.3, 0.4) is 0 Å². The molecule has 0 aliphatic rings. The van der Waals surface area contributed by atoms with Crippen molar-refractivity contribution in [2.45, 2.75) is 0 Å². The molecule has 0 unspecified atom stereocenters. The van der Waals surface area contributed by atoms with E-state index in [0.29, 0.717) is 0 Å². The number of furan rings is 1. The van der Waals surface area contributed by atoms with Crippen LogP contribution in [0.15, 0.2) is 98.3 Å². The van der Waals surface area contributed by atoms with Crippen molar-refractivity contribution < 1.29 is 4.42 Å². The largest absolute Gasteiger partial charge is 0.456 e. The molecule has 0 aliphatic carbocycles. The molecule has 0 saturated carbocycles. The third kappa shape index (κ3) is 3.11. The number of hydrogen-bond donors (Lipinski definition) is 0. The maximum Gasteiger partial charge on any atom is 0.136 e. The summed E-state index contributed by atoms with van der Waals surface area (Å²) in [5.74, 6) is 0. The maximum atomic E-state index is 6.02. The average molecular weight is 478 g/mol. The molecule has 5 rings (SSSR count). The fourth-order valence-corrected chi connectivity index (χ4v) is 4.77. The Morgan fingerprint density at radius 3 is 1.81 bits per heavy atom. The van der Waals surface area contributed by atoms with Gasteiger partial charge in [0, 0.05) is 19.7 Å². The lowest BCUT2D eigenvalue weighted by Gasteiger charge is -2.06. The van der Waals surface area contributed by atoms with Gasteiger partial charge in [-0.25, -0.2) is 0 Å². The molecule has 27 heavy (non-hydrogen) atoms. The van der Waals surface area contributed by atoms with E-state index in [-0.39, 0.29) is 0 Å². The summed E-state index contributed by atoms with van der Waals surface area (Å²) in [7, 11) is 0. The fraction of sp³-hybridized carbons (Fsp3) is 0. The van der Waals surface area contributed by atoms with Crippen LogP contribution in [0.25, 0.3) is 44.2 Å². The van der Waals surface area contributed by atoms with Crippen LogP contribution < -0.4 is 0 Å². The Labute approximate surface area is 173 Å². The molecule has 3 heteroatoms. The Bertz CT molecular complexity index is 1260. The second-order valence-corrected chi connectivity index (χ2v) is 8.38. The minimum atomic E-state index is 0.925. The highest BCUT2D eigenvalue weighted by atomic mass is 79.9. The van der Waals surface area contributed by atoms with Crippen LogP contribution in [-0.2, 0) is 0 Å². The Kier molecular flexibility index (Phi) is 4.14. The minimum absolute atomic E-state index is 0.925. The molecule has 0 spiro atoms. The van der Waals surface area contributed by atoms with E-state index in [0.717, 1.165) is 36.4 Å². The molecular formula is C24H14Br2O. The first kappa shape index (κ1) is 16.8. The molecule has 4 aromatic carbocycles. The van der Waals surface area contributed by atoms with Gasteiger partial charge in [-0.2, -0.15) is 0 Å². The first-order valence-electron chi connectivity index (χ1n) is 8.66. The van der Waals surface area contributed by atoms with E-state index < -0.39 is 0 Å². The number of benzene rings is 4. The van der Waals surface area contributed by atoms with E-state index in [4.69, 9.17) is 4.42 Å². The van der Waals surface area contributed by atoms with Gasteiger partial charge >= 0.3 is 0 Å². The zero-order chi connectivity index (χ0) is 18.4. The lowest BCUT2D eigenvalue weighted by atomic mass is 9.99. The molecule has 0 N–H and O–H groups in total. The molecule has 1 aromatic heterocycles. The Morgan fingerprint density at radius 1 is 0.481 bits per heavy atom. The van der Waals surface area contributed by atoms with E-state index >= 15 is 0 Å². The van der Waals surface area contributed by atoms with Gasteiger partial charge in [0.05, 0.1) is 0 Å². The average Bonchev–Trinajstić information content (AvgIpc) is 3.05. The molecular weight excluding hydrogens is 464 g/mol. The summed E-state index contributed by atoms with van der Waals surface area (Å²) in [4.78, 5) is 0. The molecule has 5 aromatic rings. The van der Waals surface area contributed by atoms with E-state index in [9.17, 15) is 0 Å². The van der Waals surface area contributed by atoms with Gasteiger partial charge < -0.3 is 4.42 Å². The number of para-hydroxylation sites is 1. The van der Waals surface area contributed by atoms with E-state index in [1.165, 1.54) is 16.7 Å². The molecule has 0 radical (unpaired) electrons. The van der Waals surface area contributed by atoms with Crippen molar-refractivity contribution in [3.63, 3.8) is 0 Å². The third-order valence-electron chi connectivity index (χ3n) is 4.79. The zero-order valence-corrected chi connectivity index (χ0v) is 17.4. The molecule has 1 nitrogen and oxygen atoms in total. The predicted molar refractivity (Wildman–Crippen MR) is 120 cm³/mol. The molecule has 130 valence electrons. The molecule has 0 amide bonds. The van der Waals surface area contributed by atoms with Crippen LogP contribution in [0.2, 0.25) is 0 Å². The number of rotatable bonds is 2. The normalized spacial score (nSPS) is 11.3. The van der Waals surface area contributed by atoms with Crippen LogP contribution in [0, 0.1) is 0 Å². The molecule has 1 heterocycles. The van der Waals surface area contributed by atoms with Crippen molar-refractivity contribution in [2.24, 2.45) is 0 Å². The first-order valence-corrected chi connectivity index (χ1v) is 10.2. The van der Waals surface area contributed by atoms with Gasteiger partial charge in [0.25, 0.3) is 0 Å². The second kappa shape index (κ2) is 6.66. The summed E-state index contributed by atoms with van der Waals surface area (Å²) in [5, 5.41) is 2.32. The van der Waals surface area contributed by atoms with E-state index in [1.54, 1.807) is 0 Å². The van der Waals surface area contributed by atoms with Crippen LogP contribution in [0.1, 0.15) is 0 Å². The number of fused-ring (bicyclic) bond motifs is 3. The number of halogens is 2. The van der Waals surface area contributed by atoms with E-state index in [2.05, 4.69) is 92.5 Å². The van der Waals surface area contributed by atoms with Crippen LogP contribution in [0.5, 0.6) is 0 Å². The minimum Gasteiger partial charge on any atom is -0.456 e. The highest BCUT2D eigenvalue weighted by molar-refractivity contribution is 9.11. The van der Waals surface area contributed by atoms with Crippen molar-refractivity contribution in [3.05, 3.63) is 93.9 Å². The highest BCUT2D eigenvalue weighted by Gasteiger charge is 2.08. The van der Waals surface area contributed by atoms with Crippen LogP contribution in [-0.4, -0.2) is 0 Å². The first-order chi connectivity index (χ1) is 13.2. The quantitative estimate of drug-likeness (QED) is 0.248. The van der Waals surface area contributed by atoms with Crippen molar-refractivity contribution in [1.29, 1.82) is 0 Å². The smallest absolute Gasteiger partial charge is 0.136 e. The van der Waals surface area contributed by atoms with Gasteiger partial charge in [0.15, 0.2) is 0 Å². The van der Waals surface area contributed by atoms with Gasteiger partial charge in [0.1, 0.15) is 11.2 Å². The third-order valence-corrected chi connectivity index (χ3v) is 5.71. The summed E-state index contributed by atoms with van der Waals surface area (Å²) < 4.78 is 8.15. The molecule has 0 aliphatic heterocycles. The predicted octanol–water partition coefficient (Wildman–Crippen LogP) is 8.45. The summed E-state index contributed by atoms with van der Waals surface area (Å²) >= 11 is 7.12. The monoisotopic (exact) mass is 476 g/mol. The van der Waals surface area contributed by atoms with Crippen molar-refractivity contribution in [3.8, 4) is 22.3 Å². The standard InChI is InChI=1S/C24H14Br2O/c25-19-11-18(12-20(26)14-19)16-7-5-15(6-8-16)17-9-10-22-21-3-1-2-4-23(21)27-24(22)13-17/h1-14H. The Balaban J connectivity index is 1.55. The molecule has 0 fully saturated rings. The number of hydrogen-bond acceptors (Lipinski definition) is 1. The summed E-state index contributed by atoms with van der Waals surface area (Å²) in [5.41, 5.74) is 6.55. The molecule has 0 bridgehead atoms. The Morgan fingerprint density at radius 2 is 1.07 bits per heavy atom. The van der Waals surface area contributed by atoms with Crippen molar-refractivity contribution in [1.82, 2.24) is 0 Å². The molecule has 0 atom stereocenters. The van der Waals surface area contributed by atoms with E-state index in [1.807, 2.05) is 24.3 Å².